The summed E-state index contributed by atoms with van der Waals surface area (Å²) in [4.78, 5) is 1.48. The molecule has 2 N–H and O–H groups in total. The fourth-order valence-electron chi connectivity index (χ4n) is 4.31. The van der Waals surface area contributed by atoms with Gasteiger partial charge in [0.15, 0.2) is 5.11 Å². The number of piperidine rings is 1. The van der Waals surface area contributed by atoms with E-state index in [1.54, 1.807) is 0 Å². The standard InChI is InChI=1S/C15H24F3N3S/c16-15(17,18)9-21-5-3-12(4-6-21)19-14(22)20-13-8-10-1-2-11(13)7-10/h10-13H,1-9H2,(H2,19,20,22)/t10-,11-,13-/m0/s1. The molecule has 0 aromatic rings. The zero-order chi connectivity index (χ0) is 15.7. The van der Waals surface area contributed by atoms with Gasteiger partial charge in [0.2, 0.25) is 0 Å². The molecular weight excluding hydrogens is 311 g/mol. The third-order valence-electron chi connectivity index (χ3n) is 5.38. The molecular formula is C15H24F3N3S. The molecule has 3 atom stereocenters. The predicted octanol–water partition coefficient (Wildman–Crippen LogP) is 2.67. The van der Waals surface area contributed by atoms with E-state index < -0.39 is 12.7 Å². The maximum absolute atomic E-state index is 12.4. The average Bonchev–Trinajstić information content (AvgIpc) is 3.01. The van der Waals surface area contributed by atoms with Gasteiger partial charge in [-0.3, -0.25) is 4.90 Å². The number of hydrogen-bond donors (Lipinski definition) is 2. The van der Waals surface area contributed by atoms with Crippen LogP contribution in [0, 0.1) is 11.8 Å². The molecule has 3 fully saturated rings. The van der Waals surface area contributed by atoms with E-state index in [1.807, 2.05) is 0 Å². The average molecular weight is 335 g/mol. The molecule has 3 nitrogen and oxygen atoms in total. The van der Waals surface area contributed by atoms with Crippen LogP contribution in [-0.4, -0.2) is 47.9 Å². The zero-order valence-corrected chi connectivity index (χ0v) is 13.5. The van der Waals surface area contributed by atoms with Gasteiger partial charge in [0.25, 0.3) is 0 Å². The third kappa shape index (κ3) is 4.25. The van der Waals surface area contributed by atoms with Crippen LogP contribution < -0.4 is 10.6 Å². The van der Waals surface area contributed by atoms with Crippen molar-refractivity contribution in [2.75, 3.05) is 19.6 Å². The Morgan fingerprint density at radius 1 is 1.05 bits per heavy atom. The lowest BCUT2D eigenvalue weighted by Crippen LogP contribution is -2.51. The second-order valence-corrected chi connectivity index (χ2v) is 7.47. The van der Waals surface area contributed by atoms with Crippen molar-refractivity contribution in [2.24, 2.45) is 11.8 Å². The van der Waals surface area contributed by atoms with Gasteiger partial charge in [0.05, 0.1) is 6.54 Å². The maximum Gasteiger partial charge on any atom is 0.401 e. The Morgan fingerprint density at radius 2 is 1.77 bits per heavy atom. The molecule has 0 spiro atoms. The summed E-state index contributed by atoms with van der Waals surface area (Å²) in [6, 6.07) is 0.701. The minimum absolute atomic E-state index is 0.197. The van der Waals surface area contributed by atoms with Crippen molar-refractivity contribution in [3.05, 3.63) is 0 Å². The summed E-state index contributed by atoms with van der Waals surface area (Å²) in [7, 11) is 0. The predicted molar refractivity (Wildman–Crippen MR) is 83.6 cm³/mol. The Labute approximate surface area is 135 Å². The van der Waals surface area contributed by atoms with E-state index in [-0.39, 0.29) is 6.04 Å². The molecule has 3 rings (SSSR count). The highest BCUT2D eigenvalue weighted by atomic mass is 32.1. The second kappa shape index (κ2) is 6.51. The van der Waals surface area contributed by atoms with Crippen LogP contribution in [0.4, 0.5) is 13.2 Å². The van der Waals surface area contributed by atoms with Gasteiger partial charge in [0, 0.05) is 25.2 Å². The molecule has 1 saturated heterocycles. The molecule has 1 aliphatic heterocycles. The minimum atomic E-state index is -4.10. The SMILES string of the molecule is FC(F)(F)CN1CCC(NC(=S)N[C@H]2C[C@H]3CC[C@H]2C3)CC1. The summed E-state index contributed by atoms with van der Waals surface area (Å²) in [6.07, 6.45) is 2.55. The second-order valence-electron chi connectivity index (χ2n) is 7.06. The van der Waals surface area contributed by atoms with Gasteiger partial charge in [0.1, 0.15) is 0 Å². The van der Waals surface area contributed by atoms with E-state index in [0.29, 0.717) is 37.1 Å². The Bertz CT molecular complexity index is 407. The Morgan fingerprint density at radius 3 is 2.32 bits per heavy atom. The molecule has 2 aliphatic carbocycles. The molecule has 2 bridgehead atoms. The molecule has 22 heavy (non-hydrogen) atoms. The van der Waals surface area contributed by atoms with Gasteiger partial charge < -0.3 is 10.6 Å². The molecule has 0 unspecified atom stereocenters. The number of fused-ring (bicyclic) bond motifs is 2. The molecule has 0 amide bonds. The van der Waals surface area contributed by atoms with Crippen LogP contribution in [0.3, 0.4) is 0 Å². The molecule has 3 aliphatic rings. The zero-order valence-electron chi connectivity index (χ0n) is 12.7. The van der Waals surface area contributed by atoms with Crippen molar-refractivity contribution in [2.45, 2.75) is 56.8 Å². The minimum Gasteiger partial charge on any atom is -0.360 e. The largest absolute Gasteiger partial charge is 0.401 e. The number of alkyl halides is 3. The highest BCUT2D eigenvalue weighted by Crippen LogP contribution is 2.44. The highest BCUT2D eigenvalue weighted by molar-refractivity contribution is 7.80. The topological polar surface area (TPSA) is 27.3 Å². The number of halogens is 3. The normalized spacial score (nSPS) is 33.1. The third-order valence-corrected chi connectivity index (χ3v) is 5.62. The van der Waals surface area contributed by atoms with Gasteiger partial charge >= 0.3 is 6.18 Å². The summed E-state index contributed by atoms with van der Waals surface area (Å²) in [5.41, 5.74) is 0. The van der Waals surface area contributed by atoms with Crippen LogP contribution in [0.1, 0.15) is 38.5 Å². The van der Waals surface area contributed by atoms with Gasteiger partial charge in [-0.15, -0.1) is 0 Å². The van der Waals surface area contributed by atoms with Crippen LogP contribution >= 0.6 is 12.2 Å². The van der Waals surface area contributed by atoms with Crippen LogP contribution in [-0.2, 0) is 0 Å². The Balaban J connectivity index is 1.36. The van der Waals surface area contributed by atoms with E-state index in [0.717, 1.165) is 11.8 Å². The highest BCUT2D eigenvalue weighted by Gasteiger charge is 2.40. The van der Waals surface area contributed by atoms with Crippen molar-refractivity contribution >= 4 is 17.3 Å². The van der Waals surface area contributed by atoms with Crippen molar-refractivity contribution in [1.29, 1.82) is 0 Å². The van der Waals surface area contributed by atoms with Crippen molar-refractivity contribution in [1.82, 2.24) is 15.5 Å². The summed E-state index contributed by atoms with van der Waals surface area (Å²) in [5, 5.41) is 7.42. The van der Waals surface area contributed by atoms with E-state index >= 15 is 0 Å². The van der Waals surface area contributed by atoms with E-state index in [4.69, 9.17) is 12.2 Å². The van der Waals surface area contributed by atoms with Crippen molar-refractivity contribution < 1.29 is 13.2 Å². The van der Waals surface area contributed by atoms with Gasteiger partial charge in [-0.05, 0) is 56.2 Å². The van der Waals surface area contributed by atoms with Crippen LogP contribution in [0.25, 0.3) is 0 Å². The lowest BCUT2D eigenvalue weighted by atomic mass is 9.95. The smallest absolute Gasteiger partial charge is 0.360 e. The van der Waals surface area contributed by atoms with Gasteiger partial charge in [-0.2, -0.15) is 13.2 Å². The van der Waals surface area contributed by atoms with Gasteiger partial charge in [-0.25, -0.2) is 0 Å². The monoisotopic (exact) mass is 335 g/mol. The van der Waals surface area contributed by atoms with Crippen LogP contribution in [0.15, 0.2) is 0 Å². The Hall–Kier alpha value is -0.560. The van der Waals surface area contributed by atoms with Crippen molar-refractivity contribution in [3.63, 3.8) is 0 Å². The quantitative estimate of drug-likeness (QED) is 0.776. The molecule has 7 heteroatoms. The summed E-state index contributed by atoms with van der Waals surface area (Å²) in [6.45, 7) is 0.162. The molecule has 1 heterocycles. The number of likely N-dealkylation sites (tertiary alicyclic amines) is 1. The Kier molecular flexibility index (Phi) is 4.83. The van der Waals surface area contributed by atoms with Crippen LogP contribution in [0.2, 0.25) is 0 Å². The molecule has 0 aromatic heterocycles. The lowest BCUT2D eigenvalue weighted by molar-refractivity contribution is -0.148. The number of rotatable bonds is 3. The first-order chi connectivity index (χ1) is 10.4. The number of nitrogens with one attached hydrogen (secondary N) is 2. The van der Waals surface area contributed by atoms with E-state index in [1.165, 1.54) is 30.6 Å². The number of hydrogen-bond acceptors (Lipinski definition) is 2. The first-order valence-corrected chi connectivity index (χ1v) is 8.66. The fourth-order valence-corrected chi connectivity index (χ4v) is 4.62. The van der Waals surface area contributed by atoms with Crippen molar-refractivity contribution in [3.8, 4) is 0 Å². The molecule has 0 radical (unpaired) electrons. The molecule has 126 valence electrons. The van der Waals surface area contributed by atoms with E-state index in [2.05, 4.69) is 10.6 Å². The van der Waals surface area contributed by atoms with Crippen LogP contribution in [0.5, 0.6) is 0 Å². The fraction of sp³-hybridized carbons (Fsp3) is 0.933. The van der Waals surface area contributed by atoms with E-state index in [9.17, 15) is 13.2 Å². The summed E-state index contributed by atoms with van der Waals surface area (Å²) < 4.78 is 37.1. The number of nitrogens with zero attached hydrogens (tertiary/aromatic N) is 1. The molecule has 2 saturated carbocycles. The summed E-state index contributed by atoms with van der Waals surface area (Å²) in [5.74, 6) is 1.63. The first-order valence-electron chi connectivity index (χ1n) is 8.25. The summed E-state index contributed by atoms with van der Waals surface area (Å²) >= 11 is 5.39. The number of thiocarbonyl (C=S) groups is 1. The molecule has 0 aromatic carbocycles. The van der Waals surface area contributed by atoms with Gasteiger partial charge in [-0.1, -0.05) is 6.42 Å². The maximum atomic E-state index is 12.4. The lowest BCUT2D eigenvalue weighted by Gasteiger charge is -2.34. The first kappa shape index (κ1) is 16.3.